The van der Waals surface area contributed by atoms with Crippen molar-refractivity contribution >= 4 is 39.8 Å². The molecule has 0 spiro atoms. The van der Waals surface area contributed by atoms with Gasteiger partial charge in [0, 0.05) is 18.8 Å². The summed E-state index contributed by atoms with van der Waals surface area (Å²) >= 11 is 0. The smallest absolute Gasteiger partial charge is 0.191 e. The number of hydrogen-bond acceptors (Lipinski definition) is 4. The van der Waals surface area contributed by atoms with Crippen LogP contribution in [0.1, 0.15) is 37.5 Å². The molecule has 0 amide bonds. The van der Waals surface area contributed by atoms with E-state index in [0.717, 1.165) is 11.1 Å². The van der Waals surface area contributed by atoms with Crippen LogP contribution in [0.5, 0.6) is 0 Å². The van der Waals surface area contributed by atoms with Gasteiger partial charge in [0.15, 0.2) is 5.96 Å². The highest BCUT2D eigenvalue weighted by Crippen LogP contribution is 2.13. The first-order valence-corrected chi connectivity index (χ1v) is 10.2. The molecule has 0 bridgehead atoms. The molecule has 2 unspecified atom stereocenters. The van der Waals surface area contributed by atoms with E-state index in [1.807, 2.05) is 45.0 Å². The summed E-state index contributed by atoms with van der Waals surface area (Å²) in [6.45, 7) is 6.78. The van der Waals surface area contributed by atoms with Crippen LogP contribution in [0.3, 0.4) is 0 Å². The van der Waals surface area contributed by atoms with Gasteiger partial charge in [0.2, 0.25) is 0 Å². The summed E-state index contributed by atoms with van der Waals surface area (Å²) in [7, 11) is -2.97. The maximum atomic E-state index is 11.2. The largest absolute Gasteiger partial charge is 0.386 e. The summed E-state index contributed by atoms with van der Waals surface area (Å²) < 4.78 is 22.5. The number of aryl methyl sites for hydroxylation is 1. The van der Waals surface area contributed by atoms with Crippen LogP contribution in [-0.4, -0.2) is 50.6 Å². The molecule has 25 heavy (non-hydrogen) atoms. The van der Waals surface area contributed by atoms with Gasteiger partial charge >= 0.3 is 0 Å². The lowest BCUT2D eigenvalue weighted by Gasteiger charge is -2.18. The number of nitrogens with one attached hydrogen (secondary N) is 2. The second-order valence-electron chi connectivity index (χ2n) is 6.11. The van der Waals surface area contributed by atoms with E-state index in [1.165, 1.54) is 6.26 Å². The number of guanidine groups is 1. The van der Waals surface area contributed by atoms with Crippen LogP contribution in [0.25, 0.3) is 0 Å². The molecule has 144 valence electrons. The summed E-state index contributed by atoms with van der Waals surface area (Å²) in [5, 5.41) is 16.5. The van der Waals surface area contributed by atoms with Crippen molar-refractivity contribution in [3.05, 3.63) is 35.4 Å². The van der Waals surface area contributed by atoms with Gasteiger partial charge in [-0.3, -0.25) is 4.99 Å². The molecule has 0 aliphatic heterocycles. The van der Waals surface area contributed by atoms with E-state index >= 15 is 0 Å². The maximum absolute atomic E-state index is 11.2. The van der Waals surface area contributed by atoms with Gasteiger partial charge in [-0.05, 0) is 32.8 Å². The van der Waals surface area contributed by atoms with Crippen LogP contribution < -0.4 is 10.6 Å². The quantitative estimate of drug-likeness (QED) is 0.299. The predicted molar refractivity (Wildman–Crippen MR) is 114 cm³/mol. The van der Waals surface area contributed by atoms with Gasteiger partial charge in [-0.25, -0.2) is 8.42 Å². The molecule has 0 aliphatic rings. The molecule has 0 fully saturated rings. The van der Waals surface area contributed by atoms with Crippen molar-refractivity contribution in [2.75, 3.05) is 25.1 Å². The first-order chi connectivity index (χ1) is 11.2. The van der Waals surface area contributed by atoms with Gasteiger partial charge in [0.25, 0.3) is 0 Å². The number of sulfone groups is 1. The number of aliphatic imine (C=N–C) groups is 1. The van der Waals surface area contributed by atoms with Crippen LogP contribution in [0.15, 0.2) is 29.3 Å². The molecular weight excluding hydrogens is 453 g/mol. The third kappa shape index (κ3) is 10.7. The van der Waals surface area contributed by atoms with Crippen molar-refractivity contribution in [2.45, 2.75) is 39.3 Å². The minimum Gasteiger partial charge on any atom is -0.386 e. The zero-order valence-corrected chi connectivity index (χ0v) is 18.5. The Labute approximate surface area is 168 Å². The molecule has 1 rings (SSSR count). The zero-order chi connectivity index (χ0) is 18.2. The van der Waals surface area contributed by atoms with E-state index in [1.54, 1.807) is 0 Å². The van der Waals surface area contributed by atoms with Gasteiger partial charge in [-0.15, -0.1) is 24.0 Å². The van der Waals surface area contributed by atoms with Gasteiger partial charge in [0.1, 0.15) is 9.84 Å². The van der Waals surface area contributed by atoms with Crippen molar-refractivity contribution in [1.29, 1.82) is 0 Å². The molecule has 0 radical (unpaired) electrons. The number of halogens is 1. The average molecular weight is 483 g/mol. The average Bonchev–Trinajstić information content (AvgIpc) is 2.50. The van der Waals surface area contributed by atoms with Crippen molar-refractivity contribution < 1.29 is 13.5 Å². The number of benzene rings is 1. The Hall–Kier alpha value is -0.870. The molecule has 1 aromatic rings. The van der Waals surface area contributed by atoms with Crippen LogP contribution in [0.2, 0.25) is 0 Å². The fourth-order valence-electron chi connectivity index (χ4n) is 2.09. The van der Waals surface area contributed by atoms with E-state index in [0.29, 0.717) is 18.9 Å². The Morgan fingerprint density at radius 1 is 1.28 bits per heavy atom. The number of hydrogen-bond donors (Lipinski definition) is 3. The third-order valence-corrected chi connectivity index (χ3v) is 4.51. The first-order valence-electron chi connectivity index (χ1n) is 8.18. The lowest BCUT2D eigenvalue weighted by molar-refractivity contribution is 0.187. The van der Waals surface area contributed by atoms with Crippen LogP contribution in [-0.2, 0) is 9.84 Å². The van der Waals surface area contributed by atoms with Crippen LogP contribution >= 0.6 is 24.0 Å². The van der Waals surface area contributed by atoms with Crippen molar-refractivity contribution in [1.82, 2.24) is 10.6 Å². The summed E-state index contributed by atoms with van der Waals surface area (Å²) in [6, 6.07) is 7.67. The van der Waals surface area contributed by atoms with E-state index in [9.17, 15) is 13.5 Å². The number of aliphatic hydroxyl groups is 1. The van der Waals surface area contributed by atoms with E-state index < -0.39 is 15.9 Å². The lowest BCUT2D eigenvalue weighted by atomic mass is 10.1. The number of nitrogens with zero attached hydrogens (tertiary/aromatic N) is 1. The Bertz CT molecular complexity index is 633. The van der Waals surface area contributed by atoms with Gasteiger partial charge in [-0.1, -0.05) is 29.8 Å². The molecular formula is C17H30IN3O3S. The van der Waals surface area contributed by atoms with E-state index in [-0.39, 0.29) is 42.3 Å². The summed E-state index contributed by atoms with van der Waals surface area (Å²) in [5.41, 5.74) is 1.97. The fourth-order valence-corrected chi connectivity index (χ4v) is 2.87. The van der Waals surface area contributed by atoms with Gasteiger partial charge in [-0.2, -0.15) is 0 Å². The zero-order valence-electron chi connectivity index (χ0n) is 15.3. The molecule has 0 saturated carbocycles. The summed E-state index contributed by atoms with van der Waals surface area (Å²) in [6.07, 6.45) is 1.06. The fraction of sp³-hybridized carbons (Fsp3) is 0.588. The Morgan fingerprint density at radius 2 is 1.88 bits per heavy atom. The van der Waals surface area contributed by atoms with E-state index in [4.69, 9.17) is 0 Å². The Balaban J connectivity index is 0.00000576. The highest BCUT2D eigenvalue weighted by atomic mass is 127. The molecule has 8 heteroatoms. The maximum Gasteiger partial charge on any atom is 0.191 e. The van der Waals surface area contributed by atoms with Crippen molar-refractivity contribution in [3.8, 4) is 0 Å². The SMILES string of the molecule is CCNC(=NCC(O)c1ccc(C)cc1)NC(C)CCS(C)(=O)=O.I. The Morgan fingerprint density at radius 3 is 2.40 bits per heavy atom. The molecule has 3 N–H and O–H groups in total. The third-order valence-electron chi connectivity index (χ3n) is 3.53. The molecule has 1 aromatic carbocycles. The normalized spacial score (nSPS) is 14.4. The second kappa shape index (κ2) is 11.7. The second-order valence-corrected chi connectivity index (χ2v) is 8.37. The standard InChI is InChI=1S/C17H29N3O3S.HI/c1-5-18-17(20-14(3)10-11-24(4,22)23)19-12-16(21)15-8-6-13(2)7-9-15;/h6-9,14,16,21H,5,10-12H2,1-4H3,(H2,18,19,20);1H. The lowest BCUT2D eigenvalue weighted by Crippen LogP contribution is -2.43. The molecule has 0 aliphatic carbocycles. The predicted octanol–water partition coefficient (Wildman–Crippen LogP) is 2.02. The highest BCUT2D eigenvalue weighted by molar-refractivity contribution is 14.0. The van der Waals surface area contributed by atoms with Crippen molar-refractivity contribution in [3.63, 3.8) is 0 Å². The molecule has 0 heterocycles. The van der Waals surface area contributed by atoms with E-state index in [2.05, 4.69) is 15.6 Å². The monoisotopic (exact) mass is 483 g/mol. The summed E-state index contributed by atoms with van der Waals surface area (Å²) in [4.78, 5) is 4.39. The molecule has 2 atom stereocenters. The Kier molecular flexibility index (Phi) is 11.3. The minimum atomic E-state index is -2.97. The molecule has 0 saturated heterocycles. The molecule has 6 nitrogen and oxygen atoms in total. The first kappa shape index (κ1) is 24.1. The topological polar surface area (TPSA) is 90.8 Å². The number of aliphatic hydroxyl groups excluding tert-OH is 1. The highest BCUT2D eigenvalue weighted by Gasteiger charge is 2.11. The minimum absolute atomic E-state index is 0. The molecule has 0 aromatic heterocycles. The van der Waals surface area contributed by atoms with Crippen LogP contribution in [0, 0.1) is 6.92 Å². The summed E-state index contributed by atoms with van der Waals surface area (Å²) in [5.74, 6) is 0.705. The van der Waals surface area contributed by atoms with Gasteiger partial charge in [0.05, 0.1) is 18.4 Å². The van der Waals surface area contributed by atoms with Crippen molar-refractivity contribution in [2.24, 2.45) is 4.99 Å². The number of rotatable bonds is 8. The van der Waals surface area contributed by atoms with Gasteiger partial charge < -0.3 is 15.7 Å². The van der Waals surface area contributed by atoms with Crippen LogP contribution in [0.4, 0.5) is 0 Å².